The summed E-state index contributed by atoms with van der Waals surface area (Å²) in [6.45, 7) is 21.0. The molecule has 3 aromatic heterocycles. The smallest absolute Gasteiger partial charge is 0.162 e. The van der Waals surface area contributed by atoms with Crippen molar-refractivity contribution in [3.8, 4) is 23.0 Å². The van der Waals surface area contributed by atoms with E-state index < -0.39 is 0 Å². The molecule has 9 aliphatic heterocycles. The minimum atomic E-state index is 0.648. The third-order valence-electron chi connectivity index (χ3n) is 16.3. The maximum absolute atomic E-state index is 5.85. The van der Waals surface area contributed by atoms with Crippen LogP contribution in [0.5, 0.6) is 23.0 Å². The molecule has 9 aliphatic rings. The van der Waals surface area contributed by atoms with Crippen LogP contribution >= 0.6 is 0 Å². The van der Waals surface area contributed by atoms with Crippen LogP contribution in [0.1, 0.15) is 103 Å². The molecule has 6 bridgehead atoms. The molecule has 3 N–H and O–H groups in total. The maximum Gasteiger partial charge on any atom is 0.162 e. The Morgan fingerprint density at radius 1 is 0.484 bits per heavy atom. The summed E-state index contributed by atoms with van der Waals surface area (Å²) in [5, 5.41) is 4.07. The number of piperidine rings is 9. The van der Waals surface area contributed by atoms with E-state index >= 15 is 0 Å². The van der Waals surface area contributed by atoms with E-state index in [0.29, 0.717) is 17.8 Å². The van der Waals surface area contributed by atoms with Gasteiger partial charge in [0.25, 0.3) is 0 Å². The third-order valence-corrected chi connectivity index (χ3v) is 16.3. The van der Waals surface area contributed by atoms with Gasteiger partial charge in [0.15, 0.2) is 11.5 Å². The summed E-state index contributed by atoms with van der Waals surface area (Å²) in [4.78, 5) is 18.6. The quantitative estimate of drug-likeness (QED) is 0.133. The topological polar surface area (TPSA) is 94.0 Å². The highest BCUT2D eigenvalue weighted by molar-refractivity contribution is 5.89. The van der Waals surface area contributed by atoms with Gasteiger partial charge in [-0.05, 0) is 176 Å². The largest absolute Gasteiger partial charge is 0.497 e. The summed E-state index contributed by atoms with van der Waals surface area (Å²) in [7, 11) is 5.12. The SMILES string of the molecule is CCCOc1ccc2[nH]c(C)c(C3CN4CCC3CC4)c2c1.COc1cc2[nH]c(C)c(C3CN4CCC3CC4)c2cc1OC.COc1ccc2c(C3CN4CCC3CC4)c(C)[nH]c2c1. The first-order valence-electron chi connectivity index (χ1n) is 24.6. The second-order valence-corrected chi connectivity index (χ2v) is 19.9. The van der Waals surface area contributed by atoms with Gasteiger partial charge in [0.1, 0.15) is 11.5 Å². The second kappa shape index (κ2) is 18.3. The van der Waals surface area contributed by atoms with E-state index in [-0.39, 0.29) is 0 Å². The van der Waals surface area contributed by atoms with Crippen LogP contribution in [-0.2, 0) is 0 Å². The van der Waals surface area contributed by atoms with Gasteiger partial charge in [-0.2, -0.15) is 0 Å². The second-order valence-electron chi connectivity index (χ2n) is 19.9. The molecule has 15 rings (SSSR count). The Morgan fingerprint density at radius 2 is 0.922 bits per heavy atom. The summed E-state index contributed by atoms with van der Waals surface area (Å²) >= 11 is 0. The molecule has 0 amide bonds. The van der Waals surface area contributed by atoms with Crippen LogP contribution in [0.4, 0.5) is 0 Å². The number of nitrogens with zero attached hydrogens (tertiary/aromatic N) is 3. The fourth-order valence-electron chi connectivity index (χ4n) is 13.1. The zero-order chi connectivity index (χ0) is 44.1. The molecule has 6 aromatic rings. The first kappa shape index (κ1) is 43.3. The Bertz CT molecular complexity index is 2560. The molecular weight excluding hydrogens is 797 g/mol. The van der Waals surface area contributed by atoms with Crippen molar-refractivity contribution in [1.82, 2.24) is 29.7 Å². The lowest BCUT2D eigenvalue weighted by Crippen LogP contribution is -2.46. The number of methoxy groups -OCH3 is 3. The Hall–Kier alpha value is -4.64. The monoisotopic (exact) mass is 869 g/mol. The standard InChI is InChI=1S/C19H26N2O.C18H24N2O2.C17H22N2O/c1-3-10-22-15-4-5-18-16(11-15)19(13(2)20-18)17-12-21-8-6-14(17)7-9-21;1-11-18(14-10-20-6-4-12(14)5-7-20)13-8-16(21-2)17(22-3)9-15(13)19-11;1-11-17(15-10-19-7-5-12(15)6-8-19)14-4-3-13(20-2)9-16(14)18-11/h4-5,11,14,17,20H,3,6-10,12H2,1-2H3;8-9,12,14,19H,4-7,10H2,1-3H3;3-4,9,12,15,18H,5-8,10H2,1-2H3. The van der Waals surface area contributed by atoms with Crippen molar-refractivity contribution >= 4 is 32.7 Å². The van der Waals surface area contributed by atoms with Gasteiger partial charge >= 0.3 is 0 Å². The van der Waals surface area contributed by atoms with Crippen molar-refractivity contribution in [2.45, 2.75) is 90.4 Å². The number of rotatable bonds is 9. The van der Waals surface area contributed by atoms with E-state index in [2.05, 4.69) is 106 Å². The average Bonchev–Trinajstić information content (AvgIpc) is 3.98. The van der Waals surface area contributed by atoms with Crippen molar-refractivity contribution in [1.29, 1.82) is 0 Å². The number of hydrogen-bond donors (Lipinski definition) is 3. The molecule has 0 saturated carbocycles. The number of ether oxygens (including phenoxy) is 4. The normalized spacial score (nSPS) is 27.9. The molecule has 10 nitrogen and oxygen atoms in total. The van der Waals surface area contributed by atoms with Gasteiger partial charge in [0.2, 0.25) is 0 Å². The number of H-pyrrole nitrogens is 3. The number of benzene rings is 3. The molecule has 10 heteroatoms. The zero-order valence-corrected chi connectivity index (χ0v) is 39.6. The van der Waals surface area contributed by atoms with E-state index in [1.54, 1.807) is 32.5 Å². The van der Waals surface area contributed by atoms with Gasteiger partial charge in [-0.3, -0.25) is 0 Å². The van der Waals surface area contributed by atoms with Crippen molar-refractivity contribution in [2.75, 3.05) is 86.8 Å². The summed E-state index contributed by atoms with van der Waals surface area (Å²) in [6, 6.07) is 17.2. The lowest BCUT2D eigenvalue weighted by molar-refractivity contribution is 0.0874. The van der Waals surface area contributed by atoms with E-state index in [1.807, 2.05) is 0 Å². The Balaban J connectivity index is 0.000000114. The van der Waals surface area contributed by atoms with Gasteiger partial charge in [0.05, 0.1) is 27.9 Å². The Morgan fingerprint density at radius 3 is 1.38 bits per heavy atom. The number of aryl methyl sites for hydroxylation is 3. The molecule has 64 heavy (non-hydrogen) atoms. The fraction of sp³-hybridized carbons (Fsp3) is 0.556. The van der Waals surface area contributed by atoms with Crippen molar-refractivity contribution in [2.24, 2.45) is 17.8 Å². The molecule has 342 valence electrons. The van der Waals surface area contributed by atoms with Crippen LogP contribution in [0.3, 0.4) is 0 Å². The van der Waals surface area contributed by atoms with E-state index in [9.17, 15) is 0 Å². The van der Waals surface area contributed by atoms with Crippen LogP contribution in [0, 0.1) is 38.5 Å². The van der Waals surface area contributed by atoms with E-state index in [0.717, 1.165) is 59.3 Å². The third kappa shape index (κ3) is 8.17. The molecule has 3 aromatic carbocycles. The first-order chi connectivity index (χ1) is 31.2. The minimum absolute atomic E-state index is 0.648. The number of aromatic amines is 3. The maximum atomic E-state index is 5.85. The molecule has 0 aliphatic carbocycles. The van der Waals surface area contributed by atoms with Crippen LogP contribution in [0.25, 0.3) is 32.7 Å². The summed E-state index contributed by atoms with van der Waals surface area (Å²) in [5.41, 5.74) is 12.2. The average molecular weight is 869 g/mol. The van der Waals surface area contributed by atoms with E-state index in [4.69, 9.17) is 18.9 Å². The van der Waals surface area contributed by atoms with Gasteiger partial charge in [-0.25, -0.2) is 0 Å². The lowest BCUT2D eigenvalue weighted by Gasteiger charge is -2.45. The molecule has 12 heterocycles. The molecule has 9 fully saturated rings. The molecular formula is C54H72N6O4. The highest BCUT2D eigenvalue weighted by Crippen LogP contribution is 2.47. The molecule has 0 spiro atoms. The molecule has 3 unspecified atom stereocenters. The van der Waals surface area contributed by atoms with Gasteiger partial charge in [-0.1, -0.05) is 6.92 Å². The number of fused-ring (bicyclic) bond motifs is 12. The minimum Gasteiger partial charge on any atom is -0.497 e. The van der Waals surface area contributed by atoms with Gasteiger partial charge in [0, 0.05) is 99.3 Å². The fourth-order valence-corrected chi connectivity index (χ4v) is 13.1. The molecule has 9 saturated heterocycles. The summed E-state index contributed by atoms with van der Waals surface area (Å²) in [6.07, 6.45) is 9.19. The van der Waals surface area contributed by atoms with Crippen LogP contribution in [0.15, 0.2) is 48.5 Å². The molecule has 0 radical (unpaired) electrons. The van der Waals surface area contributed by atoms with Gasteiger partial charge < -0.3 is 48.6 Å². The number of hydrogen-bond acceptors (Lipinski definition) is 7. The van der Waals surface area contributed by atoms with Crippen molar-refractivity contribution in [3.63, 3.8) is 0 Å². The van der Waals surface area contributed by atoms with E-state index in [1.165, 1.54) is 147 Å². The Kier molecular flexibility index (Phi) is 12.4. The highest BCUT2D eigenvalue weighted by atomic mass is 16.5. The van der Waals surface area contributed by atoms with Crippen molar-refractivity contribution in [3.05, 3.63) is 82.3 Å². The van der Waals surface area contributed by atoms with Crippen LogP contribution in [0.2, 0.25) is 0 Å². The first-order valence-corrected chi connectivity index (χ1v) is 24.6. The van der Waals surface area contributed by atoms with Gasteiger partial charge in [-0.15, -0.1) is 0 Å². The Labute approximate surface area is 380 Å². The number of nitrogens with one attached hydrogen (secondary N) is 3. The predicted molar refractivity (Wildman–Crippen MR) is 260 cm³/mol. The summed E-state index contributed by atoms with van der Waals surface area (Å²) < 4.78 is 22.1. The number of aromatic nitrogens is 3. The predicted octanol–water partition coefficient (Wildman–Crippen LogP) is 10.7. The van der Waals surface area contributed by atoms with Crippen LogP contribution in [-0.4, -0.2) is 116 Å². The van der Waals surface area contributed by atoms with Crippen LogP contribution < -0.4 is 18.9 Å². The highest BCUT2D eigenvalue weighted by Gasteiger charge is 2.39. The van der Waals surface area contributed by atoms with Crippen molar-refractivity contribution < 1.29 is 18.9 Å². The summed E-state index contributed by atoms with van der Waals surface area (Å²) in [5.74, 6) is 8.16. The zero-order valence-electron chi connectivity index (χ0n) is 39.6. The lowest BCUT2D eigenvalue weighted by atomic mass is 9.75. The molecule has 3 atom stereocenters.